The maximum Gasteiger partial charge on any atom is 0.194 e. The van der Waals surface area contributed by atoms with Crippen LogP contribution in [0.5, 0.6) is 0 Å². The summed E-state index contributed by atoms with van der Waals surface area (Å²) in [5, 5.41) is 0. The highest BCUT2D eigenvalue weighted by molar-refractivity contribution is 4.91. The molecule has 2 heteroatoms. The first-order valence-corrected chi connectivity index (χ1v) is 7.73. The molecule has 1 aromatic rings. The molecule has 1 aliphatic rings. The molecular formula is C16H27NO. The van der Waals surface area contributed by atoms with Crippen LogP contribution in [0.2, 0.25) is 0 Å². The molecule has 1 saturated carbocycles. The third kappa shape index (κ3) is 3.37. The maximum atomic E-state index is 5.41. The van der Waals surface area contributed by atoms with Gasteiger partial charge < -0.3 is 4.42 Å². The van der Waals surface area contributed by atoms with E-state index in [1.165, 1.54) is 44.9 Å². The highest BCUT2D eigenvalue weighted by Crippen LogP contribution is 2.43. The van der Waals surface area contributed by atoms with E-state index in [1.54, 1.807) is 12.5 Å². The SMILES string of the molecule is CCCCCC1CCC(Cc2ncco2)C1CC. The number of nitrogens with zero attached hydrogens (tertiary/aromatic N) is 1. The lowest BCUT2D eigenvalue weighted by atomic mass is 9.83. The van der Waals surface area contributed by atoms with Crippen molar-refractivity contribution in [2.24, 2.45) is 17.8 Å². The molecule has 0 amide bonds. The van der Waals surface area contributed by atoms with Gasteiger partial charge >= 0.3 is 0 Å². The van der Waals surface area contributed by atoms with E-state index in [2.05, 4.69) is 18.8 Å². The number of aromatic nitrogens is 1. The summed E-state index contributed by atoms with van der Waals surface area (Å²) in [5.41, 5.74) is 0. The molecule has 1 aromatic heterocycles. The van der Waals surface area contributed by atoms with Crippen LogP contribution in [0.3, 0.4) is 0 Å². The fraction of sp³-hybridized carbons (Fsp3) is 0.812. The Hall–Kier alpha value is -0.790. The lowest BCUT2D eigenvalue weighted by Crippen LogP contribution is -2.16. The molecule has 0 saturated heterocycles. The number of hydrogen-bond acceptors (Lipinski definition) is 2. The van der Waals surface area contributed by atoms with Crippen LogP contribution in [-0.4, -0.2) is 4.98 Å². The second-order valence-electron chi connectivity index (χ2n) is 5.80. The van der Waals surface area contributed by atoms with Gasteiger partial charge in [0.2, 0.25) is 0 Å². The van der Waals surface area contributed by atoms with Crippen LogP contribution in [0.4, 0.5) is 0 Å². The predicted octanol–water partition coefficient (Wildman–Crippen LogP) is 4.85. The van der Waals surface area contributed by atoms with Gasteiger partial charge in [-0.25, -0.2) is 4.98 Å². The van der Waals surface area contributed by atoms with Crippen molar-refractivity contribution in [3.63, 3.8) is 0 Å². The van der Waals surface area contributed by atoms with Gasteiger partial charge in [0.1, 0.15) is 6.26 Å². The van der Waals surface area contributed by atoms with Gasteiger partial charge in [-0.3, -0.25) is 0 Å². The summed E-state index contributed by atoms with van der Waals surface area (Å²) in [6, 6.07) is 0. The third-order valence-electron chi connectivity index (χ3n) is 4.69. The molecule has 0 radical (unpaired) electrons. The zero-order valence-electron chi connectivity index (χ0n) is 11.9. The van der Waals surface area contributed by atoms with Crippen molar-refractivity contribution in [2.45, 2.75) is 65.2 Å². The van der Waals surface area contributed by atoms with Gasteiger partial charge in [-0.1, -0.05) is 46.0 Å². The Bertz CT molecular complexity index is 320. The normalized spacial score (nSPS) is 27.8. The highest BCUT2D eigenvalue weighted by atomic mass is 16.3. The molecule has 3 atom stereocenters. The van der Waals surface area contributed by atoms with Crippen molar-refractivity contribution in [1.29, 1.82) is 0 Å². The van der Waals surface area contributed by atoms with E-state index in [0.29, 0.717) is 0 Å². The second kappa shape index (κ2) is 6.96. The second-order valence-corrected chi connectivity index (χ2v) is 5.80. The summed E-state index contributed by atoms with van der Waals surface area (Å²) >= 11 is 0. The molecule has 0 aliphatic heterocycles. The van der Waals surface area contributed by atoms with Crippen molar-refractivity contribution in [2.75, 3.05) is 0 Å². The molecule has 102 valence electrons. The fourth-order valence-electron chi connectivity index (χ4n) is 3.75. The number of unbranched alkanes of at least 4 members (excludes halogenated alkanes) is 2. The van der Waals surface area contributed by atoms with Crippen LogP contribution < -0.4 is 0 Å². The van der Waals surface area contributed by atoms with Gasteiger partial charge in [-0.2, -0.15) is 0 Å². The van der Waals surface area contributed by atoms with E-state index < -0.39 is 0 Å². The summed E-state index contributed by atoms with van der Waals surface area (Å²) in [6.45, 7) is 4.64. The standard InChI is InChI=1S/C16H27NO/c1-3-5-6-7-13-8-9-14(15(13)4-2)12-16-17-10-11-18-16/h10-11,13-15H,3-9,12H2,1-2H3. The van der Waals surface area contributed by atoms with Crippen LogP contribution in [0.1, 0.15) is 64.7 Å². The van der Waals surface area contributed by atoms with Crippen molar-refractivity contribution in [1.82, 2.24) is 4.98 Å². The molecule has 0 N–H and O–H groups in total. The van der Waals surface area contributed by atoms with Crippen LogP contribution in [0.15, 0.2) is 16.9 Å². The van der Waals surface area contributed by atoms with E-state index in [0.717, 1.165) is 30.1 Å². The zero-order valence-corrected chi connectivity index (χ0v) is 11.9. The number of rotatable bonds is 7. The first-order valence-electron chi connectivity index (χ1n) is 7.73. The summed E-state index contributed by atoms with van der Waals surface area (Å²) in [7, 11) is 0. The van der Waals surface area contributed by atoms with E-state index in [4.69, 9.17) is 4.42 Å². The molecule has 0 aromatic carbocycles. The topological polar surface area (TPSA) is 26.0 Å². The fourth-order valence-corrected chi connectivity index (χ4v) is 3.75. The van der Waals surface area contributed by atoms with Crippen LogP contribution >= 0.6 is 0 Å². The minimum atomic E-state index is 0.806. The van der Waals surface area contributed by atoms with Crippen LogP contribution in [0.25, 0.3) is 0 Å². The Kier molecular flexibility index (Phi) is 5.27. The smallest absolute Gasteiger partial charge is 0.194 e. The van der Waals surface area contributed by atoms with Crippen molar-refractivity contribution < 1.29 is 4.42 Å². The molecular weight excluding hydrogens is 222 g/mol. The van der Waals surface area contributed by atoms with E-state index in [9.17, 15) is 0 Å². The Labute approximate surface area is 111 Å². The molecule has 2 rings (SSSR count). The Morgan fingerprint density at radius 3 is 2.72 bits per heavy atom. The molecule has 3 unspecified atom stereocenters. The van der Waals surface area contributed by atoms with Gasteiger partial charge in [-0.05, 0) is 30.6 Å². The predicted molar refractivity (Wildman–Crippen MR) is 74.3 cm³/mol. The molecule has 1 aliphatic carbocycles. The molecule has 18 heavy (non-hydrogen) atoms. The molecule has 0 bridgehead atoms. The average molecular weight is 249 g/mol. The quantitative estimate of drug-likeness (QED) is 0.646. The number of oxazole rings is 1. The van der Waals surface area contributed by atoms with E-state index >= 15 is 0 Å². The lowest BCUT2D eigenvalue weighted by molar-refractivity contribution is 0.269. The highest BCUT2D eigenvalue weighted by Gasteiger charge is 2.34. The Morgan fingerprint density at radius 2 is 2.06 bits per heavy atom. The molecule has 1 fully saturated rings. The van der Waals surface area contributed by atoms with Crippen molar-refractivity contribution in [3.8, 4) is 0 Å². The van der Waals surface area contributed by atoms with E-state index in [1.807, 2.05) is 0 Å². The summed E-state index contributed by atoms with van der Waals surface area (Å²) < 4.78 is 5.41. The third-order valence-corrected chi connectivity index (χ3v) is 4.69. The van der Waals surface area contributed by atoms with Crippen molar-refractivity contribution >= 4 is 0 Å². The first kappa shape index (κ1) is 13.6. The average Bonchev–Trinajstić information content (AvgIpc) is 3.00. The van der Waals surface area contributed by atoms with Gasteiger partial charge in [0, 0.05) is 6.42 Å². The van der Waals surface area contributed by atoms with E-state index in [-0.39, 0.29) is 0 Å². The summed E-state index contributed by atoms with van der Waals surface area (Å²) in [6.07, 6.45) is 14.2. The maximum absolute atomic E-state index is 5.41. The zero-order chi connectivity index (χ0) is 12.8. The van der Waals surface area contributed by atoms with Crippen LogP contribution in [-0.2, 0) is 6.42 Å². The summed E-state index contributed by atoms with van der Waals surface area (Å²) in [5.74, 6) is 3.60. The summed E-state index contributed by atoms with van der Waals surface area (Å²) in [4.78, 5) is 4.28. The van der Waals surface area contributed by atoms with Gasteiger partial charge in [-0.15, -0.1) is 0 Å². The van der Waals surface area contributed by atoms with Crippen molar-refractivity contribution in [3.05, 3.63) is 18.4 Å². The molecule has 1 heterocycles. The van der Waals surface area contributed by atoms with Gasteiger partial charge in [0.05, 0.1) is 6.20 Å². The van der Waals surface area contributed by atoms with Gasteiger partial charge in [0.15, 0.2) is 5.89 Å². The monoisotopic (exact) mass is 249 g/mol. The molecule has 0 spiro atoms. The number of hydrogen-bond donors (Lipinski definition) is 0. The van der Waals surface area contributed by atoms with Gasteiger partial charge in [0.25, 0.3) is 0 Å². The Balaban J connectivity index is 1.85. The minimum Gasteiger partial charge on any atom is -0.449 e. The lowest BCUT2D eigenvalue weighted by Gasteiger charge is -2.23. The molecule has 2 nitrogen and oxygen atoms in total. The minimum absolute atomic E-state index is 0.806. The largest absolute Gasteiger partial charge is 0.449 e. The first-order chi connectivity index (χ1) is 8.85. The van der Waals surface area contributed by atoms with Crippen LogP contribution in [0, 0.1) is 17.8 Å². The Morgan fingerprint density at radius 1 is 1.22 bits per heavy atom.